The fraction of sp³-hybridized carbons (Fsp3) is 0.150. The minimum absolute atomic E-state index is 0.184. The fourth-order valence-corrected chi connectivity index (χ4v) is 2.64. The van der Waals surface area contributed by atoms with E-state index in [1.54, 1.807) is 25.3 Å². The molecule has 4 rings (SSSR count). The van der Waals surface area contributed by atoms with Gasteiger partial charge in [-0.1, -0.05) is 12.1 Å². The maximum atomic E-state index is 12.3. The molecule has 1 aliphatic heterocycles. The van der Waals surface area contributed by atoms with Crippen molar-refractivity contribution in [2.45, 2.75) is 6.54 Å². The summed E-state index contributed by atoms with van der Waals surface area (Å²) in [7, 11) is 1.63. The van der Waals surface area contributed by atoms with Gasteiger partial charge in [0.25, 0.3) is 5.91 Å². The summed E-state index contributed by atoms with van der Waals surface area (Å²) in [4.78, 5) is 20.8. The Morgan fingerprint density at radius 3 is 2.64 bits per heavy atom. The highest BCUT2D eigenvalue weighted by atomic mass is 16.7. The second kappa shape index (κ2) is 7.83. The van der Waals surface area contributed by atoms with Crippen LogP contribution in [0, 0.1) is 0 Å². The Balaban J connectivity index is 1.35. The van der Waals surface area contributed by atoms with E-state index in [4.69, 9.17) is 14.2 Å². The normalized spacial score (nSPS) is 11.8. The average Bonchev–Trinajstić information content (AvgIpc) is 3.21. The van der Waals surface area contributed by atoms with Gasteiger partial charge < -0.3 is 24.8 Å². The first-order valence-electron chi connectivity index (χ1n) is 8.61. The Morgan fingerprint density at radius 2 is 1.89 bits per heavy atom. The number of ether oxygens (including phenoxy) is 3. The van der Waals surface area contributed by atoms with Crippen molar-refractivity contribution in [1.29, 1.82) is 0 Å². The molecule has 8 heteroatoms. The first-order chi connectivity index (χ1) is 13.7. The van der Waals surface area contributed by atoms with Crippen molar-refractivity contribution >= 4 is 17.4 Å². The molecule has 3 aromatic rings. The Kier molecular flexibility index (Phi) is 4.92. The number of rotatable bonds is 6. The van der Waals surface area contributed by atoms with E-state index in [0.29, 0.717) is 29.5 Å². The topological polar surface area (TPSA) is 94.6 Å². The molecule has 8 nitrogen and oxygen atoms in total. The first-order valence-corrected chi connectivity index (χ1v) is 8.61. The van der Waals surface area contributed by atoms with Gasteiger partial charge >= 0.3 is 0 Å². The highest BCUT2D eigenvalue weighted by molar-refractivity contribution is 6.02. The number of benzene rings is 2. The van der Waals surface area contributed by atoms with Gasteiger partial charge in [-0.3, -0.25) is 4.79 Å². The van der Waals surface area contributed by atoms with Crippen LogP contribution < -0.4 is 24.8 Å². The summed E-state index contributed by atoms with van der Waals surface area (Å²) in [6.07, 6.45) is 2.96. The molecule has 2 aromatic carbocycles. The summed E-state index contributed by atoms with van der Waals surface area (Å²) in [6, 6.07) is 12.9. The third-order valence-electron chi connectivity index (χ3n) is 4.15. The van der Waals surface area contributed by atoms with Crippen molar-refractivity contribution in [3.05, 3.63) is 66.1 Å². The van der Waals surface area contributed by atoms with E-state index in [9.17, 15) is 4.79 Å². The van der Waals surface area contributed by atoms with Gasteiger partial charge in [-0.2, -0.15) is 0 Å². The molecule has 142 valence electrons. The van der Waals surface area contributed by atoms with Crippen LogP contribution in [0.3, 0.4) is 0 Å². The molecule has 2 heterocycles. The Morgan fingerprint density at radius 1 is 1.07 bits per heavy atom. The SMILES string of the molecule is COc1ccc(CNc2cnc(C(=O)Nc3ccc4c(c3)OCO4)cn2)cc1. The molecule has 0 fully saturated rings. The number of anilines is 2. The zero-order valence-corrected chi connectivity index (χ0v) is 15.1. The van der Waals surface area contributed by atoms with Crippen molar-refractivity contribution in [1.82, 2.24) is 9.97 Å². The number of hydrogen-bond donors (Lipinski definition) is 2. The molecule has 0 radical (unpaired) electrons. The van der Waals surface area contributed by atoms with Crippen LogP contribution in [0.5, 0.6) is 17.2 Å². The molecule has 28 heavy (non-hydrogen) atoms. The maximum absolute atomic E-state index is 12.3. The summed E-state index contributed by atoms with van der Waals surface area (Å²) in [5.74, 6) is 2.29. The van der Waals surface area contributed by atoms with Crippen LogP contribution in [0.1, 0.15) is 16.1 Å². The number of fused-ring (bicyclic) bond motifs is 1. The lowest BCUT2D eigenvalue weighted by Gasteiger charge is -2.08. The highest BCUT2D eigenvalue weighted by Gasteiger charge is 2.15. The highest BCUT2D eigenvalue weighted by Crippen LogP contribution is 2.34. The Hall–Kier alpha value is -3.81. The van der Waals surface area contributed by atoms with Crippen LogP contribution in [-0.2, 0) is 6.54 Å². The van der Waals surface area contributed by atoms with Gasteiger partial charge in [0.15, 0.2) is 11.5 Å². The Bertz CT molecular complexity index is 975. The molecule has 0 atom stereocenters. The number of carbonyl (C=O) groups excluding carboxylic acids is 1. The van der Waals surface area contributed by atoms with E-state index < -0.39 is 0 Å². The third-order valence-corrected chi connectivity index (χ3v) is 4.15. The zero-order chi connectivity index (χ0) is 19.3. The van der Waals surface area contributed by atoms with Gasteiger partial charge in [0.1, 0.15) is 17.3 Å². The second-order valence-electron chi connectivity index (χ2n) is 6.01. The lowest BCUT2D eigenvalue weighted by Crippen LogP contribution is -2.14. The minimum Gasteiger partial charge on any atom is -0.497 e. The first kappa shape index (κ1) is 17.6. The van der Waals surface area contributed by atoms with Crippen molar-refractivity contribution in [3.8, 4) is 17.2 Å². The van der Waals surface area contributed by atoms with E-state index >= 15 is 0 Å². The summed E-state index contributed by atoms with van der Waals surface area (Å²) in [6.45, 7) is 0.768. The molecule has 0 bridgehead atoms. The van der Waals surface area contributed by atoms with Crippen LogP contribution in [0.2, 0.25) is 0 Å². The molecule has 0 saturated carbocycles. The van der Waals surface area contributed by atoms with Gasteiger partial charge in [0, 0.05) is 18.3 Å². The molecular formula is C20H18N4O4. The lowest BCUT2D eigenvalue weighted by atomic mass is 10.2. The van der Waals surface area contributed by atoms with Crippen molar-refractivity contribution in [3.63, 3.8) is 0 Å². The molecule has 0 aliphatic carbocycles. The molecule has 2 N–H and O–H groups in total. The number of amides is 1. The van der Waals surface area contributed by atoms with Crippen molar-refractivity contribution in [2.24, 2.45) is 0 Å². The standard InChI is InChI=1S/C20H18N4O4/c1-26-15-5-2-13(3-6-15)9-22-19-11-21-16(10-23-19)20(25)24-14-4-7-17-18(8-14)28-12-27-17/h2-8,10-11H,9,12H2,1H3,(H,22,23)(H,24,25). The van der Waals surface area contributed by atoms with Gasteiger partial charge in [-0.15, -0.1) is 0 Å². The van der Waals surface area contributed by atoms with E-state index in [1.165, 1.54) is 12.4 Å². The summed E-state index contributed by atoms with van der Waals surface area (Å²) >= 11 is 0. The number of aromatic nitrogens is 2. The van der Waals surface area contributed by atoms with Crippen LogP contribution in [-0.4, -0.2) is 29.8 Å². The Labute approximate surface area is 161 Å². The predicted molar refractivity (Wildman–Crippen MR) is 103 cm³/mol. The van der Waals surface area contributed by atoms with E-state index in [2.05, 4.69) is 20.6 Å². The van der Waals surface area contributed by atoms with Gasteiger partial charge in [-0.25, -0.2) is 9.97 Å². The third kappa shape index (κ3) is 3.96. The summed E-state index contributed by atoms with van der Waals surface area (Å²) in [5.41, 5.74) is 1.89. The molecule has 0 unspecified atom stereocenters. The van der Waals surface area contributed by atoms with Gasteiger partial charge in [0.05, 0.1) is 19.5 Å². The minimum atomic E-state index is -0.354. The fourth-order valence-electron chi connectivity index (χ4n) is 2.64. The summed E-state index contributed by atoms with van der Waals surface area (Å²) in [5, 5.41) is 5.93. The van der Waals surface area contributed by atoms with E-state index in [1.807, 2.05) is 24.3 Å². The number of nitrogens with zero attached hydrogens (tertiary/aromatic N) is 2. The lowest BCUT2D eigenvalue weighted by molar-refractivity contribution is 0.102. The maximum Gasteiger partial charge on any atom is 0.275 e. The van der Waals surface area contributed by atoms with Crippen LogP contribution in [0.4, 0.5) is 11.5 Å². The molecule has 1 aliphatic rings. The monoisotopic (exact) mass is 378 g/mol. The average molecular weight is 378 g/mol. The number of methoxy groups -OCH3 is 1. The quantitative estimate of drug-likeness (QED) is 0.681. The van der Waals surface area contributed by atoms with E-state index in [0.717, 1.165) is 11.3 Å². The smallest absolute Gasteiger partial charge is 0.275 e. The molecular weight excluding hydrogens is 360 g/mol. The van der Waals surface area contributed by atoms with E-state index in [-0.39, 0.29) is 18.4 Å². The van der Waals surface area contributed by atoms with Gasteiger partial charge in [0.2, 0.25) is 6.79 Å². The molecule has 1 aromatic heterocycles. The van der Waals surface area contributed by atoms with Crippen LogP contribution >= 0.6 is 0 Å². The van der Waals surface area contributed by atoms with Crippen molar-refractivity contribution < 1.29 is 19.0 Å². The van der Waals surface area contributed by atoms with Gasteiger partial charge in [-0.05, 0) is 29.8 Å². The second-order valence-corrected chi connectivity index (χ2v) is 6.01. The number of hydrogen-bond acceptors (Lipinski definition) is 7. The van der Waals surface area contributed by atoms with Crippen LogP contribution in [0.15, 0.2) is 54.9 Å². The molecule has 1 amide bonds. The predicted octanol–water partition coefficient (Wildman–Crippen LogP) is 3.08. The molecule has 0 saturated heterocycles. The number of nitrogens with one attached hydrogen (secondary N) is 2. The zero-order valence-electron chi connectivity index (χ0n) is 15.1. The summed E-state index contributed by atoms with van der Waals surface area (Å²) < 4.78 is 15.7. The van der Waals surface area contributed by atoms with Crippen molar-refractivity contribution in [2.75, 3.05) is 24.5 Å². The number of carbonyl (C=O) groups is 1. The molecule has 0 spiro atoms. The van der Waals surface area contributed by atoms with Crippen LogP contribution in [0.25, 0.3) is 0 Å². The largest absolute Gasteiger partial charge is 0.497 e.